The standard InChI is InChI=1S/C23H31N5O2/c1-3-24-22(25-16-18-9-11-21(30-2)12-10-18)26-17-19-7-6-8-20(15-19)27-23(29)28-13-4-5-14-28/h6-12,15H,3-5,13-14,16-17H2,1-2H3,(H,27,29)(H2,24,25,26). The molecule has 7 nitrogen and oxygen atoms in total. The van der Waals surface area contributed by atoms with Gasteiger partial charge in [0.2, 0.25) is 0 Å². The Hall–Kier alpha value is -3.22. The highest BCUT2D eigenvalue weighted by molar-refractivity contribution is 5.89. The highest BCUT2D eigenvalue weighted by Gasteiger charge is 2.17. The van der Waals surface area contributed by atoms with Crippen LogP contribution in [0.2, 0.25) is 0 Å². The predicted octanol–water partition coefficient (Wildman–Crippen LogP) is 3.58. The molecule has 0 saturated carbocycles. The van der Waals surface area contributed by atoms with E-state index in [2.05, 4.69) is 20.9 Å². The lowest BCUT2D eigenvalue weighted by molar-refractivity contribution is 0.222. The van der Waals surface area contributed by atoms with Crippen molar-refractivity contribution in [3.8, 4) is 5.75 Å². The third kappa shape index (κ3) is 6.40. The second-order valence-corrected chi connectivity index (χ2v) is 7.22. The van der Waals surface area contributed by atoms with Gasteiger partial charge in [0.1, 0.15) is 5.75 Å². The minimum Gasteiger partial charge on any atom is -0.497 e. The van der Waals surface area contributed by atoms with E-state index in [1.165, 1.54) is 0 Å². The van der Waals surface area contributed by atoms with Crippen molar-refractivity contribution in [1.82, 2.24) is 15.5 Å². The number of hydrogen-bond acceptors (Lipinski definition) is 3. The SMILES string of the molecule is CCNC(=NCc1cccc(NC(=O)N2CCCC2)c1)NCc1ccc(OC)cc1. The maximum absolute atomic E-state index is 12.3. The number of likely N-dealkylation sites (tertiary alicyclic amines) is 1. The molecule has 30 heavy (non-hydrogen) atoms. The van der Waals surface area contributed by atoms with Crippen LogP contribution in [0.25, 0.3) is 0 Å². The van der Waals surface area contributed by atoms with Gasteiger partial charge in [-0.1, -0.05) is 24.3 Å². The van der Waals surface area contributed by atoms with Crippen LogP contribution in [0.1, 0.15) is 30.9 Å². The van der Waals surface area contributed by atoms with Crippen LogP contribution >= 0.6 is 0 Å². The van der Waals surface area contributed by atoms with Crippen LogP contribution in [0.4, 0.5) is 10.5 Å². The van der Waals surface area contributed by atoms with Crippen molar-refractivity contribution in [2.24, 2.45) is 4.99 Å². The number of methoxy groups -OCH3 is 1. The number of ether oxygens (including phenoxy) is 1. The van der Waals surface area contributed by atoms with Gasteiger partial charge in [0.15, 0.2) is 5.96 Å². The van der Waals surface area contributed by atoms with Crippen molar-refractivity contribution in [2.45, 2.75) is 32.9 Å². The quantitative estimate of drug-likeness (QED) is 0.483. The summed E-state index contributed by atoms with van der Waals surface area (Å²) in [6.07, 6.45) is 2.16. The number of guanidine groups is 1. The number of hydrogen-bond donors (Lipinski definition) is 3. The fourth-order valence-electron chi connectivity index (χ4n) is 3.31. The number of amides is 2. The summed E-state index contributed by atoms with van der Waals surface area (Å²) in [7, 11) is 1.66. The summed E-state index contributed by atoms with van der Waals surface area (Å²) in [5, 5.41) is 9.61. The van der Waals surface area contributed by atoms with Gasteiger partial charge in [-0.25, -0.2) is 9.79 Å². The molecule has 2 aromatic rings. The molecule has 0 bridgehead atoms. The molecule has 3 N–H and O–H groups in total. The molecule has 1 aliphatic rings. The first-order valence-corrected chi connectivity index (χ1v) is 10.5. The van der Waals surface area contributed by atoms with E-state index in [0.717, 1.165) is 61.0 Å². The molecule has 1 fully saturated rings. The molecule has 1 heterocycles. The van der Waals surface area contributed by atoms with E-state index >= 15 is 0 Å². The summed E-state index contributed by atoms with van der Waals surface area (Å²) < 4.78 is 5.20. The van der Waals surface area contributed by atoms with E-state index in [4.69, 9.17) is 4.74 Å². The van der Waals surface area contributed by atoms with Crippen LogP contribution < -0.4 is 20.7 Å². The van der Waals surface area contributed by atoms with Crippen molar-refractivity contribution < 1.29 is 9.53 Å². The highest BCUT2D eigenvalue weighted by Crippen LogP contribution is 2.15. The number of nitrogens with zero attached hydrogens (tertiary/aromatic N) is 2. The second-order valence-electron chi connectivity index (χ2n) is 7.22. The minimum absolute atomic E-state index is 0.0253. The van der Waals surface area contributed by atoms with Crippen molar-refractivity contribution in [3.63, 3.8) is 0 Å². The Balaban J connectivity index is 1.57. The zero-order valence-electron chi connectivity index (χ0n) is 17.8. The Bertz CT molecular complexity index is 845. The number of aliphatic imine (C=N–C) groups is 1. The summed E-state index contributed by atoms with van der Waals surface area (Å²) in [5.41, 5.74) is 2.99. The van der Waals surface area contributed by atoms with Gasteiger partial charge in [0.25, 0.3) is 0 Å². The third-order valence-corrected chi connectivity index (χ3v) is 4.95. The Morgan fingerprint density at radius 2 is 1.83 bits per heavy atom. The highest BCUT2D eigenvalue weighted by atomic mass is 16.5. The number of nitrogens with one attached hydrogen (secondary N) is 3. The van der Waals surface area contributed by atoms with Gasteiger partial charge in [0, 0.05) is 31.9 Å². The lowest BCUT2D eigenvalue weighted by Crippen LogP contribution is -2.36. The van der Waals surface area contributed by atoms with Crippen molar-refractivity contribution >= 4 is 17.7 Å². The molecule has 7 heteroatoms. The van der Waals surface area contributed by atoms with E-state index < -0.39 is 0 Å². The molecule has 0 aromatic heterocycles. The van der Waals surface area contributed by atoms with Crippen molar-refractivity contribution in [1.29, 1.82) is 0 Å². The predicted molar refractivity (Wildman–Crippen MR) is 121 cm³/mol. The molecule has 0 unspecified atom stereocenters. The Morgan fingerprint density at radius 3 is 2.53 bits per heavy atom. The number of urea groups is 1. The molecule has 2 aromatic carbocycles. The van der Waals surface area contributed by atoms with Gasteiger partial charge < -0.3 is 25.6 Å². The van der Waals surface area contributed by atoms with E-state index in [9.17, 15) is 4.79 Å². The van der Waals surface area contributed by atoms with Crippen LogP contribution in [0.3, 0.4) is 0 Å². The van der Waals surface area contributed by atoms with E-state index in [-0.39, 0.29) is 6.03 Å². The van der Waals surface area contributed by atoms with E-state index in [1.807, 2.05) is 60.4 Å². The monoisotopic (exact) mass is 409 g/mol. The van der Waals surface area contributed by atoms with Crippen LogP contribution in [-0.4, -0.2) is 43.6 Å². The fourth-order valence-corrected chi connectivity index (χ4v) is 3.31. The molecule has 1 aliphatic heterocycles. The number of benzene rings is 2. The van der Waals surface area contributed by atoms with Crippen LogP contribution in [0.5, 0.6) is 5.75 Å². The lowest BCUT2D eigenvalue weighted by atomic mass is 10.2. The molecule has 0 radical (unpaired) electrons. The van der Waals surface area contributed by atoms with Gasteiger partial charge in [0.05, 0.1) is 13.7 Å². The Labute approximate surface area is 178 Å². The van der Waals surface area contributed by atoms with E-state index in [1.54, 1.807) is 7.11 Å². The number of rotatable bonds is 7. The normalized spacial score (nSPS) is 13.8. The number of carbonyl (C=O) groups excluding carboxylic acids is 1. The average molecular weight is 410 g/mol. The number of carbonyl (C=O) groups is 1. The molecular formula is C23H31N5O2. The molecular weight excluding hydrogens is 378 g/mol. The smallest absolute Gasteiger partial charge is 0.321 e. The van der Waals surface area contributed by atoms with E-state index in [0.29, 0.717) is 13.1 Å². The van der Waals surface area contributed by atoms with Crippen molar-refractivity contribution in [3.05, 3.63) is 59.7 Å². The maximum atomic E-state index is 12.3. The second kappa shape index (κ2) is 11.1. The van der Waals surface area contributed by atoms with Gasteiger partial charge in [-0.15, -0.1) is 0 Å². The summed E-state index contributed by atoms with van der Waals surface area (Å²) in [6, 6.07) is 15.8. The largest absolute Gasteiger partial charge is 0.497 e. The molecule has 3 rings (SSSR count). The topological polar surface area (TPSA) is 78.0 Å². The summed E-state index contributed by atoms with van der Waals surface area (Å²) in [6.45, 7) is 5.68. The average Bonchev–Trinajstić information content (AvgIpc) is 3.31. The van der Waals surface area contributed by atoms with Gasteiger partial charge in [-0.3, -0.25) is 0 Å². The summed E-state index contributed by atoms with van der Waals surface area (Å²) in [4.78, 5) is 18.8. The molecule has 160 valence electrons. The first kappa shape index (κ1) is 21.5. The molecule has 1 saturated heterocycles. The first-order valence-electron chi connectivity index (χ1n) is 10.5. The first-order chi connectivity index (χ1) is 14.7. The summed E-state index contributed by atoms with van der Waals surface area (Å²) in [5.74, 6) is 1.59. The molecule has 0 atom stereocenters. The van der Waals surface area contributed by atoms with Crippen LogP contribution in [0, 0.1) is 0 Å². The Morgan fingerprint density at radius 1 is 1.07 bits per heavy atom. The lowest BCUT2D eigenvalue weighted by Gasteiger charge is -2.16. The zero-order valence-corrected chi connectivity index (χ0v) is 17.8. The third-order valence-electron chi connectivity index (χ3n) is 4.95. The van der Waals surface area contributed by atoms with Gasteiger partial charge in [-0.2, -0.15) is 0 Å². The zero-order chi connectivity index (χ0) is 21.2. The maximum Gasteiger partial charge on any atom is 0.321 e. The van der Waals surface area contributed by atoms with Gasteiger partial charge in [-0.05, 0) is 55.2 Å². The molecule has 2 amide bonds. The fraction of sp³-hybridized carbons (Fsp3) is 0.391. The summed E-state index contributed by atoms with van der Waals surface area (Å²) >= 11 is 0. The molecule has 0 spiro atoms. The van der Waals surface area contributed by atoms with Gasteiger partial charge >= 0.3 is 6.03 Å². The molecule has 0 aliphatic carbocycles. The van der Waals surface area contributed by atoms with Crippen LogP contribution in [-0.2, 0) is 13.1 Å². The van der Waals surface area contributed by atoms with Crippen molar-refractivity contribution in [2.75, 3.05) is 32.1 Å². The minimum atomic E-state index is -0.0253. The Kier molecular flexibility index (Phi) is 7.94. The van der Waals surface area contributed by atoms with Crippen LogP contribution in [0.15, 0.2) is 53.5 Å². The number of anilines is 1.